The predicted molar refractivity (Wildman–Crippen MR) is 110 cm³/mol. The third kappa shape index (κ3) is 5.26. The summed E-state index contributed by atoms with van der Waals surface area (Å²) in [6, 6.07) is 11.7. The number of nitrogens with one attached hydrogen (secondary N) is 1. The van der Waals surface area contributed by atoms with Gasteiger partial charge in [-0.05, 0) is 43.0 Å². The Morgan fingerprint density at radius 1 is 1.17 bits per heavy atom. The number of ether oxygens (including phenoxy) is 1. The molecule has 1 saturated heterocycles. The highest BCUT2D eigenvalue weighted by Gasteiger charge is 2.26. The molecule has 0 aromatic heterocycles. The summed E-state index contributed by atoms with van der Waals surface area (Å²) in [5.74, 6) is -0.533. The van der Waals surface area contributed by atoms with E-state index in [0.717, 1.165) is 17.7 Å². The summed E-state index contributed by atoms with van der Waals surface area (Å²) in [5.41, 5.74) is 0.921. The third-order valence-electron chi connectivity index (χ3n) is 5.08. The average molecular weight is 419 g/mol. The molecule has 0 saturated carbocycles. The highest BCUT2D eigenvalue weighted by molar-refractivity contribution is 6.33. The van der Waals surface area contributed by atoms with Crippen LogP contribution in [0.4, 0.5) is 4.39 Å². The molecule has 0 spiro atoms. The fourth-order valence-corrected chi connectivity index (χ4v) is 3.66. The minimum absolute atomic E-state index is 0.0150. The van der Waals surface area contributed by atoms with Gasteiger partial charge >= 0.3 is 0 Å². The maximum Gasteiger partial charge on any atom is 0.260 e. The Hall–Kier alpha value is -2.60. The number of aryl methyl sites for hydroxylation is 1. The van der Waals surface area contributed by atoms with Crippen LogP contribution < -0.4 is 10.1 Å². The Morgan fingerprint density at radius 2 is 1.90 bits per heavy atom. The molecule has 1 N–H and O–H groups in total. The Kier molecular flexibility index (Phi) is 7.09. The maximum atomic E-state index is 13.9. The lowest BCUT2D eigenvalue weighted by Gasteiger charge is -2.32. The molecule has 7 heteroatoms. The summed E-state index contributed by atoms with van der Waals surface area (Å²) >= 11 is 5.95. The molecule has 154 valence electrons. The van der Waals surface area contributed by atoms with Crippen LogP contribution in [-0.4, -0.2) is 42.5 Å². The van der Waals surface area contributed by atoms with Crippen molar-refractivity contribution in [3.8, 4) is 5.75 Å². The van der Waals surface area contributed by atoms with Gasteiger partial charge in [0.25, 0.3) is 11.8 Å². The van der Waals surface area contributed by atoms with E-state index in [9.17, 15) is 14.0 Å². The van der Waals surface area contributed by atoms with Gasteiger partial charge in [0, 0.05) is 19.1 Å². The minimum atomic E-state index is -0.646. The Balaban J connectivity index is 1.48. The van der Waals surface area contributed by atoms with Gasteiger partial charge in [-0.1, -0.05) is 42.8 Å². The van der Waals surface area contributed by atoms with Crippen LogP contribution in [0.25, 0.3) is 0 Å². The first-order valence-corrected chi connectivity index (χ1v) is 10.1. The molecular formula is C22H24ClFN2O3. The van der Waals surface area contributed by atoms with Gasteiger partial charge in [-0.2, -0.15) is 0 Å². The van der Waals surface area contributed by atoms with Crippen LogP contribution in [0.3, 0.4) is 0 Å². The Labute approximate surface area is 174 Å². The number of likely N-dealkylation sites (tertiary alicyclic amines) is 1. The number of hydrogen-bond acceptors (Lipinski definition) is 3. The van der Waals surface area contributed by atoms with Crippen LogP contribution >= 0.6 is 11.6 Å². The number of hydrogen-bond donors (Lipinski definition) is 1. The Morgan fingerprint density at radius 3 is 2.59 bits per heavy atom. The molecule has 0 unspecified atom stereocenters. The van der Waals surface area contributed by atoms with Crippen LogP contribution in [0.2, 0.25) is 5.02 Å². The summed E-state index contributed by atoms with van der Waals surface area (Å²) in [6.07, 6.45) is 2.02. The van der Waals surface area contributed by atoms with Gasteiger partial charge < -0.3 is 15.0 Å². The zero-order chi connectivity index (χ0) is 20.8. The average Bonchev–Trinajstić information content (AvgIpc) is 2.72. The number of piperidine rings is 1. The Bertz CT molecular complexity index is 862. The molecular weight excluding hydrogens is 395 g/mol. The van der Waals surface area contributed by atoms with Crippen LogP contribution in [0.5, 0.6) is 5.75 Å². The zero-order valence-corrected chi connectivity index (χ0v) is 17.0. The van der Waals surface area contributed by atoms with Crippen molar-refractivity contribution in [2.45, 2.75) is 32.2 Å². The molecule has 0 atom stereocenters. The monoisotopic (exact) mass is 418 g/mol. The van der Waals surface area contributed by atoms with E-state index < -0.39 is 11.7 Å². The first kappa shape index (κ1) is 21.1. The number of benzene rings is 2. The standard InChI is InChI=1S/C22H24ClFN2O3/c1-2-15-6-3-4-9-19(15)29-14-20(27)26-12-10-16(11-13-26)25-22(28)21-17(23)7-5-8-18(21)24/h3-9,16H,2,10-14H2,1H3,(H,25,28). The van der Waals surface area contributed by atoms with E-state index in [4.69, 9.17) is 16.3 Å². The summed E-state index contributed by atoms with van der Waals surface area (Å²) in [7, 11) is 0. The van der Waals surface area contributed by atoms with Gasteiger partial charge in [-0.25, -0.2) is 4.39 Å². The molecule has 1 aliphatic rings. The van der Waals surface area contributed by atoms with Gasteiger partial charge in [-0.15, -0.1) is 0 Å². The number of rotatable bonds is 6. The van der Waals surface area contributed by atoms with E-state index in [1.165, 1.54) is 18.2 Å². The van der Waals surface area contributed by atoms with Crippen LogP contribution in [-0.2, 0) is 11.2 Å². The molecule has 2 amide bonds. The predicted octanol–water partition coefficient (Wildman–Crippen LogP) is 3.84. The lowest BCUT2D eigenvalue weighted by Crippen LogP contribution is -2.47. The van der Waals surface area contributed by atoms with Crippen molar-refractivity contribution in [1.29, 1.82) is 0 Å². The van der Waals surface area contributed by atoms with Crippen molar-refractivity contribution in [1.82, 2.24) is 10.2 Å². The molecule has 29 heavy (non-hydrogen) atoms. The topological polar surface area (TPSA) is 58.6 Å². The largest absolute Gasteiger partial charge is 0.483 e. The molecule has 5 nitrogen and oxygen atoms in total. The maximum absolute atomic E-state index is 13.9. The van der Waals surface area contributed by atoms with Crippen molar-refractivity contribution in [2.24, 2.45) is 0 Å². The van der Waals surface area contributed by atoms with Crippen LogP contribution in [0.1, 0.15) is 35.7 Å². The van der Waals surface area contributed by atoms with Crippen molar-refractivity contribution >= 4 is 23.4 Å². The van der Waals surface area contributed by atoms with Gasteiger partial charge in [0.2, 0.25) is 0 Å². The number of amides is 2. The molecule has 1 heterocycles. The van der Waals surface area contributed by atoms with Crippen molar-refractivity contribution in [3.05, 3.63) is 64.4 Å². The van der Waals surface area contributed by atoms with E-state index in [-0.39, 0.29) is 29.1 Å². The quantitative estimate of drug-likeness (QED) is 0.775. The van der Waals surface area contributed by atoms with E-state index in [0.29, 0.717) is 25.9 Å². The van der Waals surface area contributed by atoms with E-state index >= 15 is 0 Å². The third-order valence-corrected chi connectivity index (χ3v) is 5.39. The number of carbonyl (C=O) groups is 2. The number of para-hydroxylation sites is 1. The molecule has 0 radical (unpaired) electrons. The number of halogens is 2. The van der Waals surface area contributed by atoms with E-state index in [1.807, 2.05) is 31.2 Å². The molecule has 2 aromatic carbocycles. The molecule has 0 aliphatic carbocycles. The van der Waals surface area contributed by atoms with Crippen LogP contribution in [0.15, 0.2) is 42.5 Å². The molecule has 0 bridgehead atoms. The second-order valence-corrected chi connectivity index (χ2v) is 7.38. The fourth-order valence-electron chi connectivity index (χ4n) is 3.41. The summed E-state index contributed by atoms with van der Waals surface area (Å²) in [5, 5.41) is 2.90. The second-order valence-electron chi connectivity index (χ2n) is 6.98. The summed E-state index contributed by atoms with van der Waals surface area (Å²) < 4.78 is 19.6. The second kappa shape index (κ2) is 9.74. The lowest BCUT2D eigenvalue weighted by atomic mass is 10.0. The van der Waals surface area contributed by atoms with E-state index in [2.05, 4.69) is 5.32 Å². The SMILES string of the molecule is CCc1ccccc1OCC(=O)N1CCC(NC(=O)c2c(F)cccc2Cl)CC1. The summed E-state index contributed by atoms with van der Waals surface area (Å²) in [6.45, 7) is 3.04. The highest BCUT2D eigenvalue weighted by atomic mass is 35.5. The summed E-state index contributed by atoms with van der Waals surface area (Å²) in [4.78, 5) is 26.5. The van der Waals surface area contributed by atoms with Gasteiger partial charge in [-0.3, -0.25) is 9.59 Å². The van der Waals surface area contributed by atoms with Crippen LogP contribution in [0, 0.1) is 5.82 Å². The van der Waals surface area contributed by atoms with Crippen molar-refractivity contribution < 1.29 is 18.7 Å². The molecule has 1 fully saturated rings. The normalized spacial score (nSPS) is 14.5. The van der Waals surface area contributed by atoms with Gasteiger partial charge in [0.15, 0.2) is 6.61 Å². The first-order valence-electron chi connectivity index (χ1n) is 9.73. The molecule has 1 aliphatic heterocycles. The lowest BCUT2D eigenvalue weighted by molar-refractivity contribution is -0.134. The number of carbonyl (C=O) groups excluding carboxylic acids is 2. The minimum Gasteiger partial charge on any atom is -0.483 e. The molecule has 3 rings (SSSR count). The van der Waals surface area contributed by atoms with Gasteiger partial charge in [0.1, 0.15) is 11.6 Å². The smallest absolute Gasteiger partial charge is 0.260 e. The van der Waals surface area contributed by atoms with E-state index in [1.54, 1.807) is 4.90 Å². The number of nitrogens with zero attached hydrogens (tertiary/aromatic N) is 1. The van der Waals surface area contributed by atoms with Crippen molar-refractivity contribution in [2.75, 3.05) is 19.7 Å². The highest BCUT2D eigenvalue weighted by Crippen LogP contribution is 2.21. The van der Waals surface area contributed by atoms with Gasteiger partial charge in [0.05, 0.1) is 10.6 Å². The molecule has 2 aromatic rings. The first-order chi connectivity index (χ1) is 14.0. The zero-order valence-electron chi connectivity index (χ0n) is 16.3. The fraction of sp³-hybridized carbons (Fsp3) is 0.364. The van der Waals surface area contributed by atoms with Crippen molar-refractivity contribution in [3.63, 3.8) is 0 Å².